The summed E-state index contributed by atoms with van der Waals surface area (Å²) in [6.45, 7) is 0.0387. The molecular formula is C15H13ClN2O2. The molecule has 0 radical (unpaired) electrons. The van der Waals surface area contributed by atoms with E-state index >= 15 is 0 Å². The third kappa shape index (κ3) is 3.89. The summed E-state index contributed by atoms with van der Waals surface area (Å²) in [6, 6.07) is 8.75. The summed E-state index contributed by atoms with van der Waals surface area (Å²) in [5, 5.41) is 11.9. The van der Waals surface area contributed by atoms with Gasteiger partial charge in [0, 0.05) is 23.9 Å². The quantitative estimate of drug-likeness (QED) is 0.760. The number of halogens is 1. The SMILES string of the molecule is O=C(Nc1cccc(C#CCCO)c1)c1cc(Cl)c[nH]1. The number of aliphatic hydroxyl groups excluding tert-OH is 1. The van der Waals surface area contributed by atoms with Crippen molar-refractivity contribution < 1.29 is 9.90 Å². The van der Waals surface area contributed by atoms with Crippen LogP contribution >= 0.6 is 11.6 Å². The molecule has 0 atom stereocenters. The lowest BCUT2D eigenvalue weighted by Crippen LogP contribution is -2.12. The molecule has 0 bridgehead atoms. The Labute approximate surface area is 121 Å². The van der Waals surface area contributed by atoms with Crippen LogP contribution in [0.1, 0.15) is 22.5 Å². The summed E-state index contributed by atoms with van der Waals surface area (Å²) >= 11 is 5.75. The van der Waals surface area contributed by atoms with E-state index in [9.17, 15) is 4.79 Å². The molecule has 0 fully saturated rings. The molecule has 0 aliphatic heterocycles. The molecule has 3 N–H and O–H groups in total. The first-order chi connectivity index (χ1) is 9.69. The number of H-pyrrole nitrogens is 1. The van der Waals surface area contributed by atoms with Crippen LogP contribution in [0.4, 0.5) is 5.69 Å². The molecule has 2 rings (SSSR count). The van der Waals surface area contributed by atoms with Gasteiger partial charge in [-0.2, -0.15) is 0 Å². The number of carbonyl (C=O) groups is 1. The highest BCUT2D eigenvalue weighted by Crippen LogP contribution is 2.14. The molecule has 1 aromatic heterocycles. The topological polar surface area (TPSA) is 65.1 Å². The Bertz CT molecular complexity index is 668. The zero-order valence-electron chi connectivity index (χ0n) is 10.6. The minimum Gasteiger partial charge on any atom is -0.395 e. The van der Waals surface area contributed by atoms with Crippen LogP contribution in [-0.2, 0) is 0 Å². The van der Waals surface area contributed by atoms with Gasteiger partial charge in [0.05, 0.1) is 11.6 Å². The van der Waals surface area contributed by atoms with Crippen LogP contribution in [0.15, 0.2) is 36.5 Å². The Hall–Kier alpha value is -2.22. The smallest absolute Gasteiger partial charge is 0.272 e. The summed E-state index contributed by atoms with van der Waals surface area (Å²) in [5.74, 6) is 5.48. The number of aromatic nitrogens is 1. The third-order valence-corrected chi connectivity index (χ3v) is 2.70. The van der Waals surface area contributed by atoms with Crippen molar-refractivity contribution in [3.05, 3.63) is 52.8 Å². The van der Waals surface area contributed by atoms with Crippen molar-refractivity contribution in [2.45, 2.75) is 6.42 Å². The average Bonchev–Trinajstić information content (AvgIpc) is 2.86. The van der Waals surface area contributed by atoms with Crippen molar-refractivity contribution in [3.8, 4) is 11.8 Å². The number of hydrogen-bond acceptors (Lipinski definition) is 2. The van der Waals surface area contributed by atoms with Crippen molar-refractivity contribution in [1.29, 1.82) is 0 Å². The Morgan fingerprint density at radius 2 is 2.25 bits per heavy atom. The van der Waals surface area contributed by atoms with Gasteiger partial charge in [-0.15, -0.1) is 0 Å². The normalized spacial score (nSPS) is 9.70. The highest BCUT2D eigenvalue weighted by molar-refractivity contribution is 6.31. The minimum absolute atomic E-state index is 0.0387. The van der Waals surface area contributed by atoms with E-state index in [1.165, 1.54) is 0 Å². The summed E-state index contributed by atoms with van der Waals surface area (Å²) in [4.78, 5) is 14.7. The zero-order chi connectivity index (χ0) is 14.4. The van der Waals surface area contributed by atoms with E-state index in [1.54, 1.807) is 30.5 Å². The van der Waals surface area contributed by atoms with Crippen LogP contribution in [0.3, 0.4) is 0 Å². The van der Waals surface area contributed by atoms with E-state index in [0.717, 1.165) is 5.56 Å². The van der Waals surface area contributed by atoms with Crippen molar-refractivity contribution in [2.75, 3.05) is 11.9 Å². The summed E-state index contributed by atoms with van der Waals surface area (Å²) in [7, 11) is 0. The average molecular weight is 289 g/mol. The largest absolute Gasteiger partial charge is 0.395 e. The number of aliphatic hydroxyl groups is 1. The van der Waals surface area contributed by atoms with Gasteiger partial charge in [0.1, 0.15) is 5.69 Å². The van der Waals surface area contributed by atoms with Gasteiger partial charge in [-0.05, 0) is 24.3 Å². The number of hydrogen-bond donors (Lipinski definition) is 3. The first-order valence-electron chi connectivity index (χ1n) is 6.04. The number of benzene rings is 1. The van der Waals surface area contributed by atoms with E-state index in [1.807, 2.05) is 6.07 Å². The second-order valence-electron chi connectivity index (χ2n) is 4.04. The van der Waals surface area contributed by atoms with Crippen molar-refractivity contribution in [2.24, 2.45) is 0 Å². The van der Waals surface area contributed by atoms with Crippen molar-refractivity contribution in [1.82, 2.24) is 4.98 Å². The fourth-order valence-corrected chi connectivity index (χ4v) is 1.76. The second kappa shape index (κ2) is 6.80. The molecule has 0 unspecified atom stereocenters. The predicted molar refractivity (Wildman–Crippen MR) is 78.8 cm³/mol. The van der Waals surface area contributed by atoms with Crippen LogP contribution in [0.2, 0.25) is 5.02 Å². The lowest BCUT2D eigenvalue weighted by atomic mass is 10.2. The van der Waals surface area contributed by atoms with Crippen molar-refractivity contribution in [3.63, 3.8) is 0 Å². The monoisotopic (exact) mass is 288 g/mol. The molecule has 0 aliphatic carbocycles. The molecule has 20 heavy (non-hydrogen) atoms. The van der Waals surface area contributed by atoms with Crippen LogP contribution in [0.25, 0.3) is 0 Å². The van der Waals surface area contributed by atoms with Crippen LogP contribution in [0, 0.1) is 11.8 Å². The van der Waals surface area contributed by atoms with Gasteiger partial charge < -0.3 is 15.4 Å². The van der Waals surface area contributed by atoms with Gasteiger partial charge in [0.15, 0.2) is 0 Å². The molecule has 1 amide bonds. The van der Waals surface area contributed by atoms with Crippen molar-refractivity contribution >= 4 is 23.2 Å². The maximum absolute atomic E-state index is 11.9. The molecular weight excluding hydrogens is 276 g/mol. The molecule has 4 nitrogen and oxygen atoms in total. The van der Waals surface area contributed by atoms with E-state index in [0.29, 0.717) is 22.8 Å². The van der Waals surface area contributed by atoms with E-state index in [4.69, 9.17) is 16.7 Å². The maximum Gasteiger partial charge on any atom is 0.272 e. The fraction of sp³-hybridized carbons (Fsp3) is 0.133. The van der Waals surface area contributed by atoms with Crippen LogP contribution in [-0.4, -0.2) is 22.6 Å². The Morgan fingerprint density at radius 1 is 1.40 bits per heavy atom. The highest BCUT2D eigenvalue weighted by atomic mass is 35.5. The van der Waals surface area contributed by atoms with Gasteiger partial charge in [-0.25, -0.2) is 0 Å². The Morgan fingerprint density at radius 3 is 2.95 bits per heavy atom. The molecule has 1 heterocycles. The molecule has 0 spiro atoms. The maximum atomic E-state index is 11.9. The van der Waals surface area contributed by atoms with E-state index < -0.39 is 0 Å². The number of nitrogens with one attached hydrogen (secondary N) is 2. The molecule has 102 valence electrons. The number of aromatic amines is 1. The second-order valence-corrected chi connectivity index (χ2v) is 4.48. The first kappa shape index (κ1) is 14.2. The van der Waals surface area contributed by atoms with Gasteiger partial charge in [0.2, 0.25) is 0 Å². The molecule has 2 aromatic rings. The zero-order valence-corrected chi connectivity index (χ0v) is 11.4. The van der Waals surface area contributed by atoms with Gasteiger partial charge in [-0.3, -0.25) is 4.79 Å². The Kier molecular flexibility index (Phi) is 4.83. The number of amides is 1. The van der Waals surface area contributed by atoms with E-state index in [2.05, 4.69) is 22.1 Å². The lowest BCUT2D eigenvalue weighted by molar-refractivity contribution is 0.102. The summed E-state index contributed by atoms with van der Waals surface area (Å²) < 4.78 is 0. The van der Waals surface area contributed by atoms with Gasteiger partial charge >= 0.3 is 0 Å². The highest BCUT2D eigenvalue weighted by Gasteiger charge is 2.08. The molecule has 0 aliphatic rings. The van der Waals surface area contributed by atoms with Gasteiger partial charge in [-0.1, -0.05) is 29.5 Å². The standard InChI is InChI=1S/C15H13ClN2O2/c16-12-9-14(17-10-12)15(20)18-13-6-3-5-11(8-13)4-1-2-7-19/h3,5-6,8-10,17,19H,2,7H2,(H,18,20). The summed E-state index contributed by atoms with van der Waals surface area (Å²) in [5.41, 5.74) is 1.82. The van der Waals surface area contributed by atoms with Gasteiger partial charge in [0.25, 0.3) is 5.91 Å². The fourth-order valence-electron chi connectivity index (χ4n) is 1.59. The van der Waals surface area contributed by atoms with Crippen LogP contribution in [0.5, 0.6) is 0 Å². The number of rotatable bonds is 3. The van der Waals surface area contributed by atoms with Crippen LogP contribution < -0.4 is 5.32 Å². The first-order valence-corrected chi connectivity index (χ1v) is 6.42. The molecule has 1 aromatic carbocycles. The third-order valence-electron chi connectivity index (χ3n) is 2.48. The molecule has 0 saturated carbocycles. The Balaban J connectivity index is 2.08. The lowest BCUT2D eigenvalue weighted by Gasteiger charge is -2.03. The number of carbonyl (C=O) groups excluding carboxylic acids is 1. The van der Waals surface area contributed by atoms with E-state index in [-0.39, 0.29) is 12.5 Å². The number of anilines is 1. The predicted octanol–water partition coefficient (Wildman–Crippen LogP) is 2.65. The molecule has 5 heteroatoms. The minimum atomic E-state index is -0.266. The summed E-state index contributed by atoms with van der Waals surface area (Å²) in [6.07, 6.45) is 1.98. The molecule has 0 saturated heterocycles.